The van der Waals surface area contributed by atoms with Gasteiger partial charge in [-0.15, -0.1) is 5.10 Å². The summed E-state index contributed by atoms with van der Waals surface area (Å²) < 4.78 is 7.34. The van der Waals surface area contributed by atoms with Crippen molar-refractivity contribution in [3.63, 3.8) is 0 Å². The molecule has 1 aromatic heterocycles. The summed E-state index contributed by atoms with van der Waals surface area (Å²) in [5.74, 6) is 0.502. The van der Waals surface area contributed by atoms with Gasteiger partial charge < -0.3 is 10.1 Å². The van der Waals surface area contributed by atoms with Gasteiger partial charge in [0, 0.05) is 13.2 Å². The van der Waals surface area contributed by atoms with E-state index in [2.05, 4.69) is 45.8 Å². The average Bonchev–Trinajstić information content (AvgIpc) is 3.17. The fourth-order valence-electron chi connectivity index (χ4n) is 2.58. The molecule has 23 heavy (non-hydrogen) atoms. The van der Waals surface area contributed by atoms with Crippen LogP contribution in [0.25, 0.3) is 0 Å². The van der Waals surface area contributed by atoms with Crippen LogP contribution in [0, 0.1) is 6.92 Å². The number of thiocarbonyl (C=S) groups is 1. The van der Waals surface area contributed by atoms with Gasteiger partial charge in [0.05, 0.1) is 12.6 Å². The van der Waals surface area contributed by atoms with Gasteiger partial charge in [-0.25, -0.2) is 9.67 Å². The minimum Gasteiger partial charge on any atom is -0.376 e. The summed E-state index contributed by atoms with van der Waals surface area (Å²) in [6.07, 6.45) is 4.16. The van der Waals surface area contributed by atoms with Crippen LogP contribution in [0.15, 0.2) is 30.6 Å². The van der Waals surface area contributed by atoms with E-state index in [0.29, 0.717) is 17.6 Å². The predicted molar refractivity (Wildman–Crippen MR) is 93.5 cm³/mol. The standard InChI is InChI=1S/C16H21N5OS/c1-12-4-2-5-13(8-12)10-21-11-18-15(20-21)19-16(23)17-9-14-6-3-7-22-14/h2,4-5,8,11,14H,3,6-7,9-10H2,1H3,(H2,17,19,20,23). The number of rotatable bonds is 5. The molecule has 0 radical (unpaired) electrons. The summed E-state index contributed by atoms with van der Waals surface area (Å²) >= 11 is 5.26. The van der Waals surface area contributed by atoms with Crippen molar-refractivity contribution >= 4 is 23.3 Å². The van der Waals surface area contributed by atoms with Crippen LogP contribution in [0.5, 0.6) is 0 Å². The Labute approximate surface area is 141 Å². The molecule has 6 nitrogen and oxygen atoms in total. The number of nitrogens with zero attached hydrogens (tertiary/aromatic N) is 3. The first-order chi connectivity index (χ1) is 11.2. The summed E-state index contributed by atoms with van der Waals surface area (Å²) in [7, 11) is 0. The Morgan fingerprint density at radius 2 is 2.39 bits per heavy atom. The Balaban J connectivity index is 1.49. The molecule has 2 aromatic rings. The molecule has 1 aliphatic rings. The van der Waals surface area contributed by atoms with Crippen molar-refractivity contribution in [3.8, 4) is 0 Å². The maximum absolute atomic E-state index is 5.55. The summed E-state index contributed by atoms with van der Waals surface area (Å²) in [4.78, 5) is 4.24. The van der Waals surface area contributed by atoms with E-state index in [1.165, 1.54) is 11.1 Å². The van der Waals surface area contributed by atoms with Crippen molar-refractivity contribution in [2.75, 3.05) is 18.5 Å². The third-order valence-electron chi connectivity index (χ3n) is 3.70. The third kappa shape index (κ3) is 4.74. The van der Waals surface area contributed by atoms with Crippen LogP contribution in [0.2, 0.25) is 0 Å². The van der Waals surface area contributed by atoms with Gasteiger partial charge in [-0.05, 0) is 37.5 Å². The monoisotopic (exact) mass is 331 g/mol. The number of aromatic nitrogens is 3. The normalized spacial score (nSPS) is 17.2. The van der Waals surface area contributed by atoms with Crippen LogP contribution < -0.4 is 10.6 Å². The van der Waals surface area contributed by atoms with Gasteiger partial charge in [0.2, 0.25) is 5.95 Å². The summed E-state index contributed by atoms with van der Waals surface area (Å²) in [6.45, 7) is 4.33. The molecule has 1 atom stereocenters. The van der Waals surface area contributed by atoms with E-state index < -0.39 is 0 Å². The molecule has 1 unspecified atom stereocenters. The van der Waals surface area contributed by atoms with Crippen LogP contribution >= 0.6 is 12.2 Å². The second kappa shape index (κ2) is 7.52. The zero-order chi connectivity index (χ0) is 16.1. The number of benzene rings is 1. The van der Waals surface area contributed by atoms with E-state index in [0.717, 1.165) is 26.0 Å². The molecule has 1 aromatic carbocycles. The highest BCUT2D eigenvalue weighted by Gasteiger charge is 2.15. The Kier molecular flexibility index (Phi) is 5.19. The first-order valence-electron chi connectivity index (χ1n) is 7.80. The van der Waals surface area contributed by atoms with Gasteiger partial charge in [0.1, 0.15) is 6.33 Å². The van der Waals surface area contributed by atoms with Crippen LogP contribution in [0.4, 0.5) is 5.95 Å². The van der Waals surface area contributed by atoms with Crippen LogP contribution in [0.3, 0.4) is 0 Å². The van der Waals surface area contributed by atoms with Crippen LogP contribution in [0.1, 0.15) is 24.0 Å². The van der Waals surface area contributed by atoms with E-state index in [4.69, 9.17) is 17.0 Å². The fourth-order valence-corrected chi connectivity index (χ4v) is 2.76. The fraction of sp³-hybridized carbons (Fsp3) is 0.438. The topological polar surface area (TPSA) is 64.0 Å². The van der Waals surface area contributed by atoms with E-state index in [1.807, 2.05) is 6.07 Å². The van der Waals surface area contributed by atoms with E-state index >= 15 is 0 Å². The largest absolute Gasteiger partial charge is 0.376 e. The lowest BCUT2D eigenvalue weighted by atomic mass is 10.1. The smallest absolute Gasteiger partial charge is 0.248 e. The van der Waals surface area contributed by atoms with Crippen molar-refractivity contribution in [1.29, 1.82) is 0 Å². The molecule has 1 saturated heterocycles. The van der Waals surface area contributed by atoms with Gasteiger partial charge in [0.25, 0.3) is 0 Å². The molecule has 0 aliphatic carbocycles. The summed E-state index contributed by atoms with van der Waals surface area (Å²) in [5, 5.41) is 11.1. The minimum absolute atomic E-state index is 0.251. The van der Waals surface area contributed by atoms with Crippen molar-refractivity contribution < 1.29 is 4.74 Å². The second-order valence-electron chi connectivity index (χ2n) is 5.72. The van der Waals surface area contributed by atoms with Crippen molar-refractivity contribution in [2.45, 2.75) is 32.4 Å². The van der Waals surface area contributed by atoms with E-state index in [9.17, 15) is 0 Å². The minimum atomic E-state index is 0.251. The van der Waals surface area contributed by atoms with Gasteiger partial charge in [-0.2, -0.15) is 0 Å². The first-order valence-corrected chi connectivity index (χ1v) is 8.21. The SMILES string of the molecule is Cc1cccc(Cn2cnc(NC(=S)NCC3CCCO3)n2)c1. The summed E-state index contributed by atoms with van der Waals surface area (Å²) in [5.41, 5.74) is 2.43. The van der Waals surface area contributed by atoms with E-state index in [1.54, 1.807) is 11.0 Å². The Bertz CT molecular complexity index is 666. The van der Waals surface area contributed by atoms with Gasteiger partial charge in [-0.1, -0.05) is 29.8 Å². The Morgan fingerprint density at radius 3 is 3.17 bits per heavy atom. The molecule has 0 spiro atoms. The molecule has 7 heteroatoms. The number of hydrogen-bond donors (Lipinski definition) is 2. The number of ether oxygens (including phenoxy) is 1. The molecule has 1 aliphatic heterocycles. The van der Waals surface area contributed by atoms with Crippen molar-refractivity contribution in [2.24, 2.45) is 0 Å². The summed E-state index contributed by atoms with van der Waals surface area (Å²) in [6, 6.07) is 8.35. The van der Waals surface area contributed by atoms with Crippen LogP contribution in [-0.4, -0.2) is 39.1 Å². The zero-order valence-electron chi connectivity index (χ0n) is 13.2. The average molecular weight is 331 g/mol. The first kappa shape index (κ1) is 15.9. The lowest BCUT2D eigenvalue weighted by molar-refractivity contribution is 0.114. The highest BCUT2D eigenvalue weighted by molar-refractivity contribution is 7.80. The number of hydrogen-bond acceptors (Lipinski definition) is 4. The number of anilines is 1. The molecule has 1 fully saturated rings. The quantitative estimate of drug-likeness (QED) is 0.818. The maximum Gasteiger partial charge on any atom is 0.248 e. The molecular formula is C16H21N5OS. The molecule has 2 N–H and O–H groups in total. The van der Waals surface area contributed by atoms with Crippen molar-refractivity contribution in [1.82, 2.24) is 20.1 Å². The second-order valence-corrected chi connectivity index (χ2v) is 6.13. The maximum atomic E-state index is 5.55. The van der Waals surface area contributed by atoms with Gasteiger partial charge in [0.15, 0.2) is 5.11 Å². The molecule has 0 bridgehead atoms. The molecule has 3 rings (SSSR count). The molecule has 0 saturated carbocycles. The lowest BCUT2D eigenvalue weighted by Gasteiger charge is -2.12. The number of aryl methyl sites for hydroxylation is 1. The highest BCUT2D eigenvalue weighted by Crippen LogP contribution is 2.10. The van der Waals surface area contributed by atoms with Crippen LogP contribution in [-0.2, 0) is 11.3 Å². The Hall–Kier alpha value is -1.99. The molecule has 122 valence electrons. The molecular weight excluding hydrogens is 310 g/mol. The van der Waals surface area contributed by atoms with Gasteiger partial charge >= 0.3 is 0 Å². The van der Waals surface area contributed by atoms with Gasteiger partial charge in [-0.3, -0.25) is 5.32 Å². The predicted octanol–water partition coefficient (Wildman–Crippen LogP) is 2.10. The molecule has 2 heterocycles. The molecule has 0 amide bonds. The van der Waals surface area contributed by atoms with Crippen molar-refractivity contribution in [3.05, 3.63) is 41.7 Å². The highest BCUT2D eigenvalue weighted by atomic mass is 32.1. The number of nitrogens with one attached hydrogen (secondary N) is 2. The Morgan fingerprint density at radius 1 is 1.48 bits per heavy atom. The third-order valence-corrected chi connectivity index (χ3v) is 3.95. The zero-order valence-corrected chi connectivity index (χ0v) is 14.0. The van der Waals surface area contributed by atoms with E-state index in [-0.39, 0.29) is 6.10 Å². The lowest BCUT2D eigenvalue weighted by Crippen LogP contribution is -2.35.